The minimum atomic E-state index is -0.763. The van der Waals surface area contributed by atoms with Crippen molar-refractivity contribution in [3.8, 4) is 0 Å². The number of rotatable bonds is 2. The number of hydrogen-bond donors (Lipinski definition) is 1. The summed E-state index contributed by atoms with van der Waals surface area (Å²) in [5.41, 5.74) is 2.11. The van der Waals surface area contributed by atoms with E-state index < -0.39 is 17.3 Å². The van der Waals surface area contributed by atoms with E-state index in [-0.39, 0.29) is 11.8 Å². The van der Waals surface area contributed by atoms with Gasteiger partial charge in [0.1, 0.15) is 6.10 Å². The van der Waals surface area contributed by atoms with Gasteiger partial charge in [-0.3, -0.25) is 0 Å². The van der Waals surface area contributed by atoms with Gasteiger partial charge in [-0.2, -0.15) is 0 Å². The predicted molar refractivity (Wildman–Crippen MR) is 54.4 cm³/mol. The molecule has 1 N–H and O–H groups in total. The van der Waals surface area contributed by atoms with Gasteiger partial charge in [0.2, 0.25) is 0 Å². The molecular formula is C11H11NO4. The van der Waals surface area contributed by atoms with E-state index in [0.29, 0.717) is 6.42 Å². The first-order valence-corrected chi connectivity index (χ1v) is 5.26. The molecule has 4 atom stereocenters. The number of aliphatic hydroxyl groups excluding tert-OH is 1. The van der Waals surface area contributed by atoms with Crippen molar-refractivity contribution in [3.05, 3.63) is 45.5 Å². The van der Waals surface area contributed by atoms with Crippen molar-refractivity contribution in [1.82, 2.24) is 0 Å². The number of aliphatic hydroxyl groups is 1. The first kappa shape index (κ1) is 9.59. The molecule has 1 saturated carbocycles. The van der Waals surface area contributed by atoms with Gasteiger partial charge >= 0.3 is 0 Å². The van der Waals surface area contributed by atoms with Crippen LogP contribution in [0.2, 0.25) is 0 Å². The lowest BCUT2D eigenvalue weighted by molar-refractivity contribution is -0.769. The molecule has 5 heteroatoms. The largest absolute Gasteiger partial charge is 0.392 e. The summed E-state index contributed by atoms with van der Waals surface area (Å²) in [5.74, 6) is -0.252. The monoisotopic (exact) mass is 221 g/mol. The molecule has 0 radical (unpaired) electrons. The average molecular weight is 221 g/mol. The first-order chi connectivity index (χ1) is 7.68. The minimum Gasteiger partial charge on any atom is -0.392 e. The molecule has 0 spiro atoms. The SMILES string of the molecule is O=[N+]([O-])O[C@@H]1CC2c3ccccc3C1[C@@H]2O. The summed E-state index contributed by atoms with van der Waals surface area (Å²) in [4.78, 5) is 15.0. The lowest BCUT2D eigenvalue weighted by Gasteiger charge is -2.21. The smallest absolute Gasteiger partial charge is 0.294 e. The van der Waals surface area contributed by atoms with Crippen LogP contribution in [0.4, 0.5) is 0 Å². The maximum Gasteiger partial charge on any atom is 0.294 e. The number of fused-ring (bicyclic) bond motifs is 5. The van der Waals surface area contributed by atoms with Crippen molar-refractivity contribution in [2.45, 2.75) is 30.5 Å². The molecule has 1 aromatic carbocycles. The Morgan fingerprint density at radius 1 is 1.38 bits per heavy atom. The van der Waals surface area contributed by atoms with E-state index in [4.69, 9.17) is 0 Å². The van der Waals surface area contributed by atoms with Crippen LogP contribution >= 0.6 is 0 Å². The molecule has 0 saturated heterocycles. The van der Waals surface area contributed by atoms with Crippen LogP contribution in [0.15, 0.2) is 24.3 Å². The van der Waals surface area contributed by atoms with Crippen molar-refractivity contribution in [1.29, 1.82) is 0 Å². The molecule has 0 heterocycles. The third kappa shape index (κ3) is 1.15. The summed E-state index contributed by atoms with van der Waals surface area (Å²) >= 11 is 0. The van der Waals surface area contributed by atoms with Gasteiger partial charge in [-0.15, -0.1) is 10.1 Å². The van der Waals surface area contributed by atoms with Crippen molar-refractivity contribution < 1.29 is 15.0 Å². The standard InChI is InChI=1S/C11H11NO4/c13-11-8-5-9(16-12(14)15)10(11)7-4-2-1-3-6(7)8/h1-4,8-11,13H,5H2/t8?,9-,10?,11-/m1/s1. The quantitative estimate of drug-likeness (QED) is 0.601. The molecule has 0 amide bonds. The molecule has 0 aliphatic heterocycles. The fourth-order valence-electron chi connectivity index (χ4n) is 3.07. The summed E-state index contributed by atoms with van der Waals surface area (Å²) in [6, 6.07) is 7.70. The van der Waals surface area contributed by atoms with Crippen LogP contribution in [-0.4, -0.2) is 22.4 Å². The van der Waals surface area contributed by atoms with E-state index in [9.17, 15) is 15.2 Å². The third-order valence-corrected chi connectivity index (χ3v) is 3.64. The Labute approximate surface area is 91.8 Å². The highest BCUT2D eigenvalue weighted by atomic mass is 17.0. The molecule has 2 unspecified atom stereocenters. The fourth-order valence-corrected chi connectivity index (χ4v) is 3.07. The molecule has 2 aliphatic rings. The highest BCUT2D eigenvalue weighted by Crippen LogP contribution is 2.53. The van der Waals surface area contributed by atoms with Crippen LogP contribution in [0.3, 0.4) is 0 Å². The maximum absolute atomic E-state index is 10.4. The van der Waals surface area contributed by atoms with Crippen LogP contribution in [0.5, 0.6) is 0 Å². The molecule has 2 bridgehead atoms. The Morgan fingerprint density at radius 2 is 2.06 bits per heavy atom. The summed E-state index contributed by atoms with van der Waals surface area (Å²) in [6.45, 7) is 0. The van der Waals surface area contributed by atoms with Gasteiger partial charge in [-0.1, -0.05) is 24.3 Å². The minimum absolute atomic E-state index is 0.00819. The Bertz CT molecular complexity index is 447. The van der Waals surface area contributed by atoms with Gasteiger partial charge in [0, 0.05) is 11.8 Å². The van der Waals surface area contributed by atoms with Gasteiger partial charge < -0.3 is 9.94 Å². The van der Waals surface area contributed by atoms with E-state index >= 15 is 0 Å². The van der Waals surface area contributed by atoms with Crippen LogP contribution in [0.1, 0.15) is 29.4 Å². The van der Waals surface area contributed by atoms with Crippen LogP contribution < -0.4 is 0 Å². The van der Waals surface area contributed by atoms with Crippen LogP contribution in [-0.2, 0) is 4.84 Å². The predicted octanol–water partition coefficient (Wildman–Crippen LogP) is 1.21. The normalized spacial score (nSPS) is 34.8. The number of hydrogen-bond acceptors (Lipinski definition) is 4. The lowest BCUT2D eigenvalue weighted by Crippen LogP contribution is -2.24. The summed E-state index contributed by atoms with van der Waals surface area (Å²) < 4.78 is 0. The van der Waals surface area contributed by atoms with E-state index in [1.165, 1.54) is 0 Å². The Kier molecular flexibility index (Phi) is 1.91. The maximum atomic E-state index is 10.4. The summed E-state index contributed by atoms with van der Waals surface area (Å²) in [5, 5.41) is 19.6. The summed E-state index contributed by atoms with van der Waals surface area (Å²) in [7, 11) is 0. The van der Waals surface area contributed by atoms with Crippen molar-refractivity contribution in [2.75, 3.05) is 0 Å². The third-order valence-electron chi connectivity index (χ3n) is 3.64. The van der Waals surface area contributed by atoms with Crippen molar-refractivity contribution >= 4 is 0 Å². The second kappa shape index (κ2) is 3.18. The lowest BCUT2D eigenvalue weighted by atomic mass is 9.90. The van der Waals surface area contributed by atoms with Crippen molar-refractivity contribution in [2.24, 2.45) is 0 Å². The second-order valence-corrected chi connectivity index (χ2v) is 4.35. The molecule has 1 aromatic rings. The highest BCUT2D eigenvalue weighted by molar-refractivity contribution is 5.44. The van der Waals surface area contributed by atoms with Gasteiger partial charge in [-0.25, -0.2) is 0 Å². The molecule has 84 valence electrons. The molecule has 2 aliphatic carbocycles. The number of benzene rings is 1. The topological polar surface area (TPSA) is 72.6 Å². The molecule has 5 nitrogen and oxygen atoms in total. The molecule has 3 rings (SSSR count). The van der Waals surface area contributed by atoms with Crippen LogP contribution in [0, 0.1) is 10.1 Å². The van der Waals surface area contributed by atoms with Gasteiger partial charge in [0.25, 0.3) is 5.09 Å². The zero-order valence-electron chi connectivity index (χ0n) is 8.45. The van der Waals surface area contributed by atoms with E-state index in [1.807, 2.05) is 24.3 Å². The molecule has 16 heavy (non-hydrogen) atoms. The Morgan fingerprint density at radius 3 is 2.75 bits per heavy atom. The summed E-state index contributed by atoms with van der Waals surface area (Å²) in [6.07, 6.45) is -0.503. The Balaban J connectivity index is 1.97. The average Bonchev–Trinajstić information content (AvgIpc) is 2.69. The number of nitrogens with zero attached hydrogens (tertiary/aromatic N) is 1. The Hall–Kier alpha value is -1.62. The van der Waals surface area contributed by atoms with E-state index in [1.54, 1.807) is 0 Å². The molecule has 1 fully saturated rings. The van der Waals surface area contributed by atoms with Gasteiger partial charge in [0.05, 0.1) is 6.10 Å². The highest BCUT2D eigenvalue weighted by Gasteiger charge is 2.52. The van der Waals surface area contributed by atoms with E-state index in [2.05, 4.69) is 4.84 Å². The van der Waals surface area contributed by atoms with Crippen molar-refractivity contribution in [3.63, 3.8) is 0 Å². The zero-order chi connectivity index (χ0) is 11.3. The second-order valence-electron chi connectivity index (χ2n) is 4.35. The van der Waals surface area contributed by atoms with Crippen LogP contribution in [0.25, 0.3) is 0 Å². The van der Waals surface area contributed by atoms with Gasteiger partial charge in [0.15, 0.2) is 0 Å². The zero-order valence-corrected chi connectivity index (χ0v) is 8.45. The molecular weight excluding hydrogens is 210 g/mol. The first-order valence-electron chi connectivity index (χ1n) is 5.26. The van der Waals surface area contributed by atoms with E-state index in [0.717, 1.165) is 11.1 Å². The van der Waals surface area contributed by atoms with Gasteiger partial charge in [-0.05, 0) is 17.5 Å². The molecule has 0 aromatic heterocycles. The fraction of sp³-hybridized carbons (Fsp3) is 0.455.